The highest BCUT2D eigenvalue weighted by Crippen LogP contribution is 2.36. The van der Waals surface area contributed by atoms with Crippen LogP contribution in [-0.4, -0.2) is 48.2 Å². The Morgan fingerprint density at radius 2 is 2.22 bits per heavy atom. The second-order valence-electron chi connectivity index (χ2n) is 4.43. The molecule has 0 saturated carbocycles. The Morgan fingerprint density at radius 1 is 1.56 bits per heavy atom. The van der Waals surface area contributed by atoms with Gasteiger partial charge in [0.05, 0.1) is 13.2 Å². The van der Waals surface area contributed by atoms with Crippen LogP contribution < -0.4 is 5.73 Å². The van der Waals surface area contributed by atoms with Gasteiger partial charge < -0.3 is 25.1 Å². The van der Waals surface area contributed by atoms with Crippen molar-refractivity contribution < 1.29 is 28.9 Å². The molecule has 4 unspecified atom stereocenters. The molecule has 100 valence electrons. The third kappa shape index (κ3) is 2.00. The number of rotatable bonds is 2. The van der Waals surface area contributed by atoms with Gasteiger partial charge in [0.15, 0.2) is 0 Å². The number of amides is 1. The predicted octanol–water partition coefficient (Wildman–Crippen LogP) is -1.16. The van der Waals surface area contributed by atoms with Crippen LogP contribution in [0.1, 0.15) is 13.3 Å². The summed E-state index contributed by atoms with van der Waals surface area (Å²) in [5, 5.41) is 9.90. The van der Waals surface area contributed by atoms with E-state index in [1.165, 1.54) is 20.1 Å². The minimum atomic E-state index is -1.58. The van der Waals surface area contributed by atoms with Crippen LogP contribution in [0.25, 0.3) is 0 Å². The second kappa shape index (κ2) is 4.34. The van der Waals surface area contributed by atoms with E-state index in [4.69, 9.17) is 15.2 Å². The van der Waals surface area contributed by atoms with E-state index in [2.05, 4.69) is 4.74 Å². The first-order valence-electron chi connectivity index (χ1n) is 5.50. The van der Waals surface area contributed by atoms with Gasteiger partial charge in [-0.05, 0) is 13.0 Å². The zero-order chi connectivity index (χ0) is 13.5. The van der Waals surface area contributed by atoms with Crippen molar-refractivity contribution in [2.45, 2.75) is 37.4 Å². The highest BCUT2D eigenvalue weighted by Gasteiger charge is 2.52. The summed E-state index contributed by atoms with van der Waals surface area (Å²) < 4.78 is 15.3. The first-order valence-corrected chi connectivity index (χ1v) is 5.50. The molecule has 1 fully saturated rings. The minimum absolute atomic E-state index is 0.0893. The van der Waals surface area contributed by atoms with E-state index in [1.54, 1.807) is 0 Å². The van der Waals surface area contributed by atoms with Gasteiger partial charge in [-0.2, -0.15) is 0 Å². The molecule has 0 aromatic rings. The fraction of sp³-hybridized carbons (Fsp3) is 0.636. The van der Waals surface area contributed by atoms with Crippen LogP contribution in [0, 0.1) is 0 Å². The topological polar surface area (TPSA) is 108 Å². The van der Waals surface area contributed by atoms with Gasteiger partial charge in [0.2, 0.25) is 5.79 Å². The van der Waals surface area contributed by atoms with Gasteiger partial charge in [0.25, 0.3) is 5.91 Å². The number of aliphatic hydroxyl groups excluding tert-OH is 1. The Hall–Kier alpha value is -1.44. The summed E-state index contributed by atoms with van der Waals surface area (Å²) in [5.74, 6) is -2.90. The normalized spacial score (nSPS) is 38.8. The lowest BCUT2D eigenvalue weighted by Gasteiger charge is -2.25. The number of fused-ring (bicyclic) bond motifs is 1. The molecule has 1 saturated heterocycles. The first kappa shape index (κ1) is 13.0. The number of primary amides is 1. The molecule has 0 spiro atoms. The lowest BCUT2D eigenvalue weighted by Crippen LogP contribution is -2.43. The molecular weight excluding hydrogens is 242 g/mol. The molecule has 7 nitrogen and oxygen atoms in total. The van der Waals surface area contributed by atoms with Crippen LogP contribution in [0.4, 0.5) is 0 Å². The number of hydrogen-bond acceptors (Lipinski definition) is 6. The fourth-order valence-corrected chi connectivity index (χ4v) is 2.11. The lowest BCUT2D eigenvalue weighted by molar-refractivity contribution is -0.183. The van der Waals surface area contributed by atoms with Crippen molar-refractivity contribution in [3.05, 3.63) is 11.6 Å². The van der Waals surface area contributed by atoms with Crippen molar-refractivity contribution in [2.75, 3.05) is 7.11 Å². The molecular formula is C11H15NO6. The van der Waals surface area contributed by atoms with E-state index in [-0.39, 0.29) is 6.42 Å². The SMILES string of the molecule is COC(=O)C1=CC2OC(C)(C(N)=O)OC2C(O)C1. The average Bonchev–Trinajstić information content (AvgIpc) is 2.67. The van der Waals surface area contributed by atoms with Crippen molar-refractivity contribution in [3.8, 4) is 0 Å². The van der Waals surface area contributed by atoms with Crippen molar-refractivity contribution >= 4 is 11.9 Å². The number of ether oxygens (including phenoxy) is 3. The zero-order valence-electron chi connectivity index (χ0n) is 10.1. The molecule has 1 aliphatic heterocycles. The number of aliphatic hydroxyl groups is 1. The largest absolute Gasteiger partial charge is 0.466 e. The molecule has 1 amide bonds. The van der Waals surface area contributed by atoms with E-state index in [0.717, 1.165) is 0 Å². The van der Waals surface area contributed by atoms with Gasteiger partial charge in [-0.3, -0.25) is 4.79 Å². The minimum Gasteiger partial charge on any atom is -0.466 e. The summed E-state index contributed by atoms with van der Waals surface area (Å²) in [6.45, 7) is 1.38. The Labute approximate surface area is 103 Å². The second-order valence-corrected chi connectivity index (χ2v) is 4.43. The van der Waals surface area contributed by atoms with Gasteiger partial charge in [0.1, 0.15) is 12.2 Å². The van der Waals surface area contributed by atoms with Crippen molar-refractivity contribution in [1.82, 2.24) is 0 Å². The van der Waals surface area contributed by atoms with E-state index in [0.29, 0.717) is 5.57 Å². The molecule has 3 N–H and O–H groups in total. The average molecular weight is 257 g/mol. The van der Waals surface area contributed by atoms with E-state index in [9.17, 15) is 14.7 Å². The summed E-state index contributed by atoms with van der Waals surface area (Å²) in [6, 6.07) is 0. The van der Waals surface area contributed by atoms with Crippen molar-refractivity contribution in [2.24, 2.45) is 5.73 Å². The zero-order valence-corrected chi connectivity index (χ0v) is 10.1. The monoisotopic (exact) mass is 257 g/mol. The van der Waals surface area contributed by atoms with Crippen LogP contribution in [0.2, 0.25) is 0 Å². The number of nitrogens with two attached hydrogens (primary N) is 1. The number of carbonyl (C=O) groups is 2. The van der Waals surface area contributed by atoms with Gasteiger partial charge in [0, 0.05) is 12.0 Å². The quantitative estimate of drug-likeness (QED) is 0.604. The Kier molecular flexibility index (Phi) is 3.14. The molecule has 4 atom stereocenters. The van der Waals surface area contributed by atoms with Crippen LogP contribution in [-0.2, 0) is 23.8 Å². The number of carbonyl (C=O) groups excluding carboxylic acids is 2. The molecule has 2 rings (SSSR count). The van der Waals surface area contributed by atoms with Crippen LogP contribution in [0.5, 0.6) is 0 Å². The summed E-state index contributed by atoms with van der Waals surface area (Å²) in [4.78, 5) is 22.6. The summed E-state index contributed by atoms with van der Waals surface area (Å²) >= 11 is 0. The highest BCUT2D eigenvalue weighted by molar-refractivity contribution is 5.89. The maximum absolute atomic E-state index is 11.4. The third-order valence-corrected chi connectivity index (χ3v) is 3.11. The van der Waals surface area contributed by atoms with Crippen molar-refractivity contribution in [3.63, 3.8) is 0 Å². The smallest absolute Gasteiger partial charge is 0.333 e. The van der Waals surface area contributed by atoms with Crippen LogP contribution in [0.3, 0.4) is 0 Å². The number of hydrogen-bond donors (Lipinski definition) is 2. The molecule has 0 bridgehead atoms. The Bertz CT molecular complexity index is 420. The first-order chi connectivity index (χ1) is 8.37. The van der Waals surface area contributed by atoms with Crippen LogP contribution in [0.15, 0.2) is 11.6 Å². The summed E-state index contributed by atoms with van der Waals surface area (Å²) in [7, 11) is 1.25. The van der Waals surface area contributed by atoms with Gasteiger partial charge in [-0.15, -0.1) is 0 Å². The highest BCUT2D eigenvalue weighted by atomic mass is 16.8. The van der Waals surface area contributed by atoms with Gasteiger partial charge >= 0.3 is 5.97 Å². The molecule has 1 heterocycles. The van der Waals surface area contributed by atoms with E-state index >= 15 is 0 Å². The molecule has 1 aliphatic carbocycles. The Balaban J connectivity index is 2.24. The van der Waals surface area contributed by atoms with Crippen LogP contribution >= 0.6 is 0 Å². The van der Waals surface area contributed by atoms with Gasteiger partial charge in [-0.1, -0.05) is 0 Å². The van der Waals surface area contributed by atoms with E-state index in [1.807, 2.05) is 0 Å². The third-order valence-electron chi connectivity index (χ3n) is 3.11. The molecule has 2 aliphatic rings. The standard InChI is InChI=1S/C11H15NO6/c1-11(10(12)15)17-7-4-5(9(14)16-2)3-6(13)8(7)18-11/h4,6-8,13H,3H2,1-2H3,(H2,12,15). The molecule has 0 aromatic carbocycles. The molecule has 18 heavy (non-hydrogen) atoms. The summed E-state index contributed by atoms with van der Waals surface area (Å²) in [6.07, 6.45) is -0.768. The maximum atomic E-state index is 11.4. The summed E-state index contributed by atoms with van der Waals surface area (Å²) in [5.41, 5.74) is 5.46. The number of methoxy groups -OCH3 is 1. The Morgan fingerprint density at radius 3 is 2.78 bits per heavy atom. The van der Waals surface area contributed by atoms with Crippen molar-refractivity contribution in [1.29, 1.82) is 0 Å². The predicted molar refractivity (Wildman–Crippen MR) is 58.1 cm³/mol. The molecule has 0 radical (unpaired) electrons. The lowest BCUT2D eigenvalue weighted by atomic mass is 9.92. The maximum Gasteiger partial charge on any atom is 0.333 e. The molecule has 7 heteroatoms. The fourth-order valence-electron chi connectivity index (χ4n) is 2.11. The number of esters is 1. The molecule has 0 aromatic heterocycles. The van der Waals surface area contributed by atoms with Gasteiger partial charge in [-0.25, -0.2) is 4.79 Å². The van der Waals surface area contributed by atoms with E-state index < -0.39 is 36.0 Å².